The van der Waals surface area contributed by atoms with Gasteiger partial charge in [0.1, 0.15) is 18.3 Å². The minimum absolute atomic E-state index is 0.0224. The van der Waals surface area contributed by atoms with Gasteiger partial charge >= 0.3 is 6.03 Å². The highest BCUT2D eigenvalue weighted by Crippen LogP contribution is 2.19. The van der Waals surface area contributed by atoms with Crippen molar-refractivity contribution in [1.29, 1.82) is 0 Å². The quantitative estimate of drug-likeness (QED) is 0.887. The maximum atomic E-state index is 13.7. The van der Waals surface area contributed by atoms with E-state index in [1.807, 2.05) is 6.92 Å². The number of urea groups is 1. The Morgan fingerprint density at radius 1 is 1.48 bits per heavy atom. The number of carbonyl (C=O) groups is 1. The van der Waals surface area contributed by atoms with Crippen LogP contribution in [0.1, 0.15) is 25.6 Å². The summed E-state index contributed by atoms with van der Waals surface area (Å²) in [4.78, 5) is 22.1. The minimum atomic E-state index is -0.497. The zero-order valence-corrected chi connectivity index (χ0v) is 14.1. The van der Waals surface area contributed by atoms with Crippen molar-refractivity contribution in [2.75, 3.05) is 13.1 Å². The lowest BCUT2D eigenvalue weighted by atomic mass is 10.1. The summed E-state index contributed by atoms with van der Waals surface area (Å²) < 4.78 is 21.0. The van der Waals surface area contributed by atoms with Gasteiger partial charge < -0.3 is 15.0 Å². The van der Waals surface area contributed by atoms with Crippen LogP contribution >= 0.6 is 0 Å². The molecule has 1 fully saturated rings. The first kappa shape index (κ1) is 17.1. The van der Waals surface area contributed by atoms with Crippen LogP contribution in [0, 0.1) is 5.82 Å². The topological polar surface area (TPSA) is 85.2 Å². The molecule has 0 bridgehead atoms. The Hall–Kier alpha value is -2.71. The lowest BCUT2D eigenvalue weighted by Gasteiger charge is -2.32. The Morgan fingerprint density at radius 2 is 2.36 bits per heavy atom. The number of pyridine rings is 1. The van der Waals surface area contributed by atoms with Crippen molar-refractivity contribution in [2.45, 2.75) is 39.0 Å². The number of hydrogen-bond acceptors (Lipinski definition) is 5. The molecule has 8 nitrogen and oxygen atoms in total. The minimum Gasteiger partial charge on any atom is -0.470 e. The summed E-state index contributed by atoms with van der Waals surface area (Å²) in [5.41, 5.74) is 0. The molecule has 1 atom stereocenters. The van der Waals surface area contributed by atoms with Crippen molar-refractivity contribution >= 4 is 6.03 Å². The molecular formula is C16H21FN6O2. The zero-order chi connectivity index (χ0) is 17.6. The SMILES string of the molecule is CCn1ncnc1CNC(=O)N1CCC[C@@H](Oc2ncccc2F)C1. The maximum Gasteiger partial charge on any atom is 0.317 e. The number of halogens is 1. The molecule has 0 aromatic carbocycles. The van der Waals surface area contributed by atoms with Gasteiger partial charge in [-0.1, -0.05) is 0 Å². The van der Waals surface area contributed by atoms with E-state index in [9.17, 15) is 9.18 Å². The molecule has 2 aromatic rings. The summed E-state index contributed by atoms with van der Waals surface area (Å²) in [7, 11) is 0. The van der Waals surface area contributed by atoms with Crippen LogP contribution in [0.25, 0.3) is 0 Å². The normalized spacial score (nSPS) is 17.4. The molecule has 2 aromatic heterocycles. The molecule has 1 saturated heterocycles. The molecule has 0 unspecified atom stereocenters. The highest BCUT2D eigenvalue weighted by atomic mass is 19.1. The number of hydrogen-bond donors (Lipinski definition) is 1. The van der Waals surface area contributed by atoms with Crippen LogP contribution in [-0.2, 0) is 13.1 Å². The van der Waals surface area contributed by atoms with E-state index < -0.39 is 5.82 Å². The van der Waals surface area contributed by atoms with Crippen molar-refractivity contribution in [2.24, 2.45) is 0 Å². The standard InChI is InChI=1S/C16H21FN6O2/c1-2-23-14(20-11-21-23)9-19-16(24)22-8-4-5-12(10-22)25-15-13(17)6-3-7-18-15/h3,6-7,11-12H,2,4-5,8-10H2,1H3,(H,19,24)/t12-/m1/s1. The molecule has 3 rings (SSSR count). The fourth-order valence-electron chi connectivity index (χ4n) is 2.79. The van der Waals surface area contributed by atoms with Gasteiger partial charge in [0.15, 0.2) is 5.82 Å². The van der Waals surface area contributed by atoms with Crippen LogP contribution in [0.4, 0.5) is 9.18 Å². The number of ether oxygens (including phenoxy) is 1. The van der Waals surface area contributed by atoms with E-state index in [0.29, 0.717) is 32.0 Å². The zero-order valence-electron chi connectivity index (χ0n) is 14.1. The van der Waals surface area contributed by atoms with Crippen molar-refractivity contribution in [3.63, 3.8) is 0 Å². The van der Waals surface area contributed by atoms with Crippen LogP contribution in [0.15, 0.2) is 24.7 Å². The predicted octanol–water partition coefficient (Wildman–Crippen LogP) is 1.59. The van der Waals surface area contributed by atoms with E-state index in [2.05, 4.69) is 20.4 Å². The largest absolute Gasteiger partial charge is 0.470 e. The van der Waals surface area contributed by atoms with Gasteiger partial charge in [-0.15, -0.1) is 0 Å². The van der Waals surface area contributed by atoms with Crippen molar-refractivity contribution in [3.8, 4) is 5.88 Å². The number of likely N-dealkylation sites (tertiary alicyclic amines) is 1. The second-order valence-electron chi connectivity index (χ2n) is 5.77. The summed E-state index contributed by atoms with van der Waals surface area (Å²) in [5.74, 6) is 0.185. The van der Waals surface area contributed by atoms with Gasteiger partial charge in [-0.25, -0.2) is 23.8 Å². The number of aryl methyl sites for hydroxylation is 1. The van der Waals surface area contributed by atoms with Crippen LogP contribution in [-0.4, -0.2) is 49.9 Å². The molecule has 0 saturated carbocycles. The Balaban J connectivity index is 1.54. The highest BCUT2D eigenvalue weighted by Gasteiger charge is 2.26. The molecular weight excluding hydrogens is 327 g/mol. The van der Waals surface area contributed by atoms with Crippen LogP contribution in [0.5, 0.6) is 5.88 Å². The van der Waals surface area contributed by atoms with Crippen molar-refractivity contribution < 1.29 is 13.9 Å². The third kappa shape index (κ3) is 4.23. The second kappa shape index (κ2) is 7.91. The lowest BCUT2D eigenvalue weighted by Crippen LogP contribution is -2.48. The van der Waals surface area contributed by atoms with E-state index in [1.54, 1.807) is 9.58 Å². The first-order valence-corrected chi connectivity index (χ1v) is 8.34. The summed E-state index contributed by atoms with van der Waals surface area (Å²) >= 11 is 0. The Labute approximate surface area is 145 Å². The third-order valence-electron chi connectivity index (χ3n) is 4.06. The molecule has 3 heterocycles. The monoisotopic (exact) mass is 348 g/mol. The Bertz CT molecular complexity index is 722. The van der Waals surface area contributed by atoms with Gasteiger partial charge in [0.25, 0.3) is 5.88 Å². The van der Waals surface area contributed by atoms with Gasteiger partial charge in [0.05, 0.1) is 13.1 Å². The van der Waals surface area contributed by atoms with E-state index in [1.165, 1.54) is 24.7 Å². The van der Waals surface area contributed by atoms with E-state index in [0.717, 1.165) is 12.8 Å². The first-order chi connectivity index (χ1) is 12.2. The number of carbonyl (C=O) groups excluding carboxylic acids is 1. The first-order valence-electron chi connectivity index (χ1n) is 8.34. The molecule has 2 amide bonds. The van der Waals surface area contributed by atoms with Crippen molar-refractivity contribution in [1.82, 2.24) is 30.0 Å². The Morgan fingerprint density at radius 3 is 3.16 bits per heavy atom. The lowest BCUT2D eigenvalue weighted by molar-refractivity contribution is 0.0941. The fraction of sp³-hybridized carbons (Fsp3) is 0.500. The smallest absolute Gasteiger partial charge is 0.317 e. The molecule has 134 valence electrons. The van der Waals surface area contributed by atoms with E-state index in [4.69, 9.17) is 4.74 Å². The molecule has 0 aliphatic carbocycles. The van der Waals surface area contributed by atoms with Gasteiger partial charge in [-0.2, -0.15) is 5.10 Å². The summed E-state index contributed by atoms with van der Waals surface area (Å²) in [6.07, 6.45) is 4.22. The number of aromatic nitrogens is 4. The maximum absolute atomic E-state index is 13.7. The average molecular weight is 348 g/mol. The highest BCUT2D eigenvalue weighted by molar-refractivity contribution is 5.74. The average Bonchev–Trinajstić information content (AvgIpc) is 3.09. The van der Waals surface area contributed by atoms with Crippen LogP contribution in [0.3, 0.4) is 0 Å². The molecule has 0 spiro atoms. The number of rotatable bonds is 5. The summed E-state index contributed by atoms with van der Waals surface area (Å²) in [5, 5.41) is 6.91. The van der Waals surface area contributed by atoms with Crippen LogP contribution in [0.2, 0.25) is 0 Å². The second-order valence-corrected chi connectivity index (χ2v) is 5.77. The summed E-state index contributed by atoms with van der Waals surface area (Å²) in [6, 6.07) is 2.62. The van der Waals surface area contributed by atoms with Crippen LogP contribution < -0.4 is 10.1 Å². The Kier molecular flexibility index (Phi) is 5.42. The van der Waals surface area contributed by atoms with E-state index in [-0.39, 0.29) is 18.0 Å². The molecule has 25 heavy (non-hydrogen) atoms. The number of nitrogens with zero attached hydrogens (tertiary/aromatic N) is 5. The predicted molar refractivity (Wildman–Crippen MR) is 87.3 cm³/mol. The molecule has 0 radical (unpaired) electrons. The third-order valence-corrected chi connectivity index (χ3v) is 4.06. The van der Waals surface area contributed by atoms with Gasteiger partial charge in [-0.05, 0) is 31.9 Å². The number of piperidine rings is 1. The number of nitrogens with one attached hydrogen (secondary N) is 1. The fourth-order valence-corrected chi connectivity index (χ4v) is 2.79. The summed E-state index contributed by atoms with van der Waals surface area (Å²) in [6.45, 7) is 3.99. The number of amides is 2. The van der Waals surface area contributed by atoms with Gasteiger partial charge in [-0.3, -0.25) is 0 Å². The molecule has 1 aliphatic rings. The molecule has 9 heteroatoms. The van der Waals surface area contributed by atoms with Gasteiger partial charge in [0, 0.05) is 19.3 Å². The molecule has 1 aliphatic heterocycles. The van der Waals surface area contributed by atoms with Crippen molar-refractivity contribution in [3.05, 3.63) is 36.3 Å². The molecule has 1 N–H and O–H groups in total. The van der Waals surface area contributed by atoms with Gasteiger partial charge in [0.2, 0.25) is 0 Å². The van der Waals surface area contributed by atoms with E-state index >= 15 is 0 Å².